The second kappa shape index (κ2) is 6.82. The molecule has 2 N–H and O–H groups in total. The predicted octanol–water partition coefficient (Wildman–Crippen LogP) is 4.14. The molecule has 1 amide bonds. The van der Waals surface area contributed by atoms with Gasteiger partial charge < -0.3 is 10.6 Å². The number of anilines is 2. The lowest BCUT2D eigenvalue weighted by atomic mass is 9.90. The first-order chi connectivity index (χ1) is 11.1. The van der Waals surface area contributed by atoms with Crippen molar-refractivity contribution in [1.29, 1.82) is 0 Å². The Labute approximate surface area is 135 Å². The van der Waals surface area contributed by atoms with Crippen LogP contribution in [0.3, 0.4) is 0 Å². The van der Waals surface area contributed by atoms with E-state index in [9.17, 15) is 9.18 Å². The topological polar surface area (TPSA) is 41.1 Å². The van der Waals surface area contributed by atoms with Gasteiger partial charge in [-0.25, -0.2) is 4.39 Å². The number of rotatable bonds is 4. The number of para-hydroxylation sites is 1. The molecule has 0 saturated carbocycles. The number of halogens is 1. The molecular formula is C19H21FN2O. The summed E-state index contributed by atoms with van der Waals surface area (Å²) in [6.45, 7) is 1.79. The first kappa shape index (κ1) is 15.5. The maximum atomic E-state index is 13.6. The molecule has 2 aromatic carbocycles. The highest BCUT2D eigenvalue weighted by Gasteiger charge is 2.18. The monoisotopic (exact) mass is 312 g/mol. The van der Waals surface area contributed by atoms with Gasteiger partial charge in [-0.15, -0.1) is 0 Å². The summed E-state index contributed by atoms with van der Waals surface area (Å²) in [5.41, 5.74) is 3.90. The molecule has 0 saturated heterocycles. The van der Waals surface area contributed by atoms with Crippen molar-refractivity contribution in [3.63, 3.8) is 0 Å². The molecule has 2 aromatic rings. The second-order valence-electron chi connectivity index (χ2n) is 5.99. The van der Waals surface area contributed by atoms with Crippen LogP contribution in [0.1, 0.15) is 30.9 Å². The van der Waals surface area contributed by atoms with E-state index in [0.29, 0.717) is 0 Å². The van der Waals surface area contributed by atoms with Gasteiger partial charge in [0, 0.05) is 5.69 Å². The number of benzene rings is 2. The largest absolute Gasteiger partial charge is 0.374 e. The summed E-state index contributed by atoms with van der Waals surface area (Å²) in [4.78, 5) is 12.3. The van der Waals surface area contributed by atoms with Crippen molar-refractivity contribution in [2.75, 3.05) is 10.6 Å². The Bertz CT molecular complexity index is 714. The molecule has 0 aromatic heterocycles. The summed E-state index contributed by atoms with van der Waals surface area (Å²) < 4.78 is 13.6. The Morgan fingerprint density at radius 1 is 1.04 bits per heavy atom. The van der Waals surface area contributed by atoms with Crippen LogP contribution in [0.4, 0.5) is 15.8 Å². The number of hydrogen-bond acceptors (Lipinski definition) is 2. The quantitative estimate of drug-likeness (QED) is 0.890. The first-order valence-electron chi connectivity index (χ1n) is 8.08. The molecule has 0 bridgehead atoms. The number of nitrogens with one attached hydrogen (secondary N) is 2. The molecule has 1 aliphatic carbocycles. The zero-order valence-electron chi connectivity index (χ0n) is 13.2. The van der Waals surface area contributed by atoms with Crippen molar-refractivity contribution in [2.24, 2.45) is 0 Å². The lowest BCUT2D eigenvalue weighted by Gasteiger charge is -2.22. The van der Waals surface area contributed by atoms with E-state index in [2.05, 4.69) is 16.7 Å². The minimum atomic E-state index is -0.442. The summed E-state index contributed by atoms with van der Waals surface area (Å²) in [6, 6.07) is 11.9. The van der Waals surface area contributed by atoms with Crippen LogP contribution >= 0.6 is 0 Å². The van der Waals surface area contributed by atoms with Crippen LogP contribution in [0.2, 0.25) is 0 Å². The Balaban J connectivity index is 1.71. The highest BCUT2D eigenvalue weighted by molar-refractivity contribution is 5.96. The fourth-order valence-electron chi connectivity index (χ4n) is 3.02. The maximum Gasteiger partial charge on any atom is 0.246 e. The van der Waals surface area contributed by atoms with Crippen LogP contribution in [0.15, 0.2) is 42.5 Å². The zero-order valence-corrected chi connectivity index (χ0v) is 13.2. The van der Waals surface area contributed by atoms with Crippen LogP contribution in [0.25, 0.3) is 0 Å². The third-order valence-corrected chi connectivity index (χ3v) is 4.29. The van der Waals surface area contributed by atoms with Crippen molar-refractivity contribution in [1.82, 2.24) is 0 Å². The molecule has 0 spiro atoms. The van der Waals surface area contributed by atoms with E-state index < -0.39 is 11.9 Å². The second-order valence-corrected chi connectivity index (χ2v) is 5.99. The van der Waals surface area contributed by atoms with Crippen LogP contribution in [-0.2, 0) is 17.6 Å². The summed E-state index contributed by atoms with van der Waals surface area (Å²) in [5.74, 6) is -0.673. The average molecular weight is 312 g/mol. The lowest BCUT2D eigenvalue weighted by molar-refractivity contribution is -0.116. The van der Waals surface area contributed by atoms with E-state index in [0.717, 1.165) is 18.5 Å². The van der Waals surface area contributed by atoms with E-state index in [1.165, 1.54) is 30.0 Å². The molecule has 1 aliphatic rings. The van der Waals surface area contributed by atoms with Gasteiger partial charge in [0.25, 0.3) is 0 Å². The van der Waals surface area contributed by atoms with Gasteiger partial charge in [-0.2, -0.15) is 0 Å². The molecule has 1 unspecified atom stereocenters. The third kappa shape index (κ3) is 3.52. The van der Waals surface area contributed by atoms with Gasteiger partial charge in [-0.1, -0.05) is 24.3 Å². The number of hydrogen-bond donors (Lipinski definition) is 2. The smallest absolute Gasteiger partial charge is 0.246 e. The number of fused-ring (bicyclic) bond motifs is 1. The number of carbonyl (C=O) groups is 1. The molecule has 0 heterocycles. The summed E-state index contributed by atoms with van der Waals surface area (Å²) in [5, 5.41) is 5.91. The standard InChI is InChI=1S/C19H21FN2O/c1-13(19(23)22-18-11-5-4-10-16(18)20)21-17-12-6-8-14-7-2-3-9-15(14)17/h4-6,8,10-13,21H,2-3,7,9H2,1H3,(H,22,23). The molecule has 3 rings (SSSR count). The summed E-state index contributed by atoms with van der Waals surface area (Å²) in [6.07, 6.45) is 4.54. The predicted molar refractivity (Wildman–Crippen MR) is 91.2 cm³/mol. The van der Waals surface area contributed by atoms with Gasteiger partial charge in [-0.3, -0.25) is 4.79 Å². The normalized spacial score (nSPS) is 14.7. The molecule has 0 aliphatic heterocycles. The van der Waals surface area contributed by atoms with Crippen LogP contribution in [-0.4, -0.2) is 11.9 Å². The SMILES string of the molecule is CC(Nc1cccc2c1CCCC2)C(=O)Nc1ccccc1F. The van der Waals surface area contributed by atoms with Gasteiger partial charge in [0.1, 0.15) is 11.9 Å². The fourth-order valence-corrected chi connectivity index (χ4v) is 3.02. The van der Waals surface area contributed by atoms with Crippen molar-refractivity contribution in [2.45, 2.75) is 38.6 Å². The van der Waals surface area contributed by atoms with E-state index in [1.807, 2.05) is 12.1 Å². The first-order valence-corrected chi connectivity index (χ1v) is 8.08. The van der Waals surface area contributed by atoms with Crippen LogP contribution in [0.5, 0.6) is 0 Å². The van der Waals surface area contributed by atoms with Gasteiger partial charge in [0.15, 0.2) is 0 Å². The van der Waals surface area contributed by atoms with Crippen molar-refractivity contribution in [3.05, 3.63) is 59.4 Å². The molecule has 23 heavy (non-hydrogen) atoms. The minimum Gasteiger partial charge on any atom is -0.374 e. The number of amides is 1. The maximum absolute atomic E-state index is 13.6. The molecule has 1 atom stereocenters. The molecular weight excluding hydrogens is 291 g/mol. The van der Waals surface area contributed by atoms with Crippen molar-refractivity contribution in [3.8, 4) is 0 Å². The average Bonchev–Trinajstić information content (AvgIpc) is 2.57. The molecule has 4 heteroatoms. The Morgan fingerprint density at radius 2 is 1.78 bits per heavy atom. The molecule has 3 nitrogen and oxygen atoms in total. The van der Waals surface area contributed by atoms with E-state index in [4.69, 9.17) is 0 Å². The highest BCUT2D eigenvalue weighted by Crippen LogP contribution is 2.28. The molecule has 0 radical (unpaired) electrons. The summed E-state index contributed by atoms with van der Waals surface area (Å²) >= 11 is 0. The van der Waals surface area contributed by atoms with Crippen LogP contribution < -0.4 is 10.6 Å². The third-order valence-electron chi connectivity index (χ3n) is 4.29. The van der Waals surface area contributed by atoms with Gasteiger partial charge >= 0.3 is 0 Å². The Hall–Kier alpha value is -2.36. The van der Waals surface area contributed by atoms with Gasteiger partial charge in [0.2, 0.25) is 5.91 Å². The van der Waals surface area contributed by atoms with E-state index in [-0.39, 0.29) is 11.6 Å². The van der Waals surface area contributed by atoms with Crippen molar-refractivity contribution < 1.29 is 9.18 Å². The minimum absolute atomic E-state index is 0.209. The molecule has 120 valence electrons. The van der Waals surface area contributed by atoms with Gasteiger partial charge in [0.05, 0.1) is 5.69 Å². The Morgan fingerprint density at radius 3 is 2.61 bits per heavy atom. The van der Waals surface area contributed by atoms with E-state index >= 15 is 0 Å². The Kier molecular flexibility index (Phi) is 4.60. The summed E-state index contributed by atoms with van der Waals surface area (Å²) in [7, 11) is 0. The zero-order chi connectivity index (χ0) is 16.2. The van der Waals surface area contributed by atoms with Crippen LogP contribution in [0, 0.1) is 5.82 Å². The molecule has 0 fully saturated rings. The number of carbonyl (C=O) groups excluding carboxylic acids is 1. The lowest BCUT2D eigenvalue weighted by Crippen LogP contribution is -2.32. The number of aryl methyl sites for hydroxylation is 1. The fraction of sp³-hybridized carbons (Fsp3) is 0.316. The van der Waals surface area contributed by atoms with Gasteiger partial charge in [-0.05, 0) is 61.9 Å². The highest BCUT2D eigenvalue weighted by atomic mass is 19.1. The van der Waals surface area contributed by atoms with E-state index in [1.54, 1.807) is 25.1 Å². The van der Waals surface area contributed by atoms with Crippen molar-refractivity contribution >= 4 is 17.3 Å².